The first-order chi connectivity index (χ1) is 20.9. The second-order valence-corrected chi connectivity index (χ2v) is 14.1. The minimum atomic E-state index is -3.58. The fraction of sp³-hybridized carbons (Fsp3) is 0.387. The van der Waals surface area contributed by atoms with Gasteiger partial charge in [-0.15, -0.1) is 0 Å². The number of carbonyl (C=O) groups excluding carboxylic acids is 1. The molecule has 3 N–H and O–H groups in total. The molecule has 236 valence electrons. The zero-order valence-corrected chi connectivity index (χ0v) is 27.3. The van der Waals surface area contributed by atoms with E-state index in [4.69, 9.17) is 16.3 Å². The average Bonchev–Trinajstić information content (AvgIpc) is 2.99. The van der Waals surface area contributed by atoms with Crippen molar-refractivity contribution in [1.82, 2.24) is 14.9 Å². The van der Waals surface area contributed by atoms with Gasteiger partial charge in [0.15, 0.2) is 15.7 Å². The SMILES string of the molecule is C=CC(=O)Nc1cc(Nc2ncc(Cl)c(Nc3ccccc3S(=O)(=O)C(C)C)n2)c(OC)cc1N1CCN(CC(C)C)CC1. The van der Waals surface area contributed by atoms with E-state index in [0.29, 0.717) is 28.7 Å². The van der Waals surface area contributed by atoms with E-state index < -0.39 is 15.1 Å². The second-order valence-electron chi connectivity index (χ2n) is 11.2. The molecule has 13 heteroatoms. The highest BCUT2D eigenvalue weighted by Gasteiger charge is 2.25. The highest BCUT2D eigenvalue weighted by Crippen LogP contribution is 2.39. The van der Waals surface area contributed by atoms with E-state index in [2.05, 4.69) is 56.1 Å². The van der Waals surface area contributed by atoms with Crippen molar-refractivity contribution in [3.8, 4) is 5.75 Å². The quantitative estimate of drug-likeness (QED) is 0.212. The van der Waals surface area contributed by atoms with Gasteiger partial charge >= 0.3 is 0 Å². The number of halogens is 1. The van der Waals surface area contributed by atoms with Crippen molar-refractivity contribution in [3.63, 3.8) is 0 Å². The van der Waals surface area contributed by atoms with Gasteiger partial charge in [0.25, 0.3) is 0 Å². The maximum absolute atomic E-state index is 13.0. The molecule has 0 spiro atoms. The zero-order chi connectivity index (χ0) is 32.0. The number of hydrogen-bond donors (Lipinski definition) is 3. The van der Waals surface area contributed by atoms with Crippen LogP contribution in [0.25, 0.3) is 0 Å². The van der Waals surface area contributed by atoms with Crippen molar-refractivity contribution in [2.24, 2.45) is 5.92 Å². The number of aromatic nitrogens is 2. The molecule has 2 heterocycles. The Morgan fingerprint density at radius 3 is 2.41 bits per heavy atom. The summed E-state index contributed by atoms with van der Waals surface area (Å²) in [5.41, 5.74) is 2.26. The number of sulfone groups is 1. The molecule has 0 atom stereocenters. The summed E-state index contributed by atoms with van der Waals surface area (Å²) in [5.74, 6) is 1.15. The van der Waals surface area contributed by atoms with Crippen molar-refractivity contribution in [3.05, 3.63) is 60.3 Å². The maximum atomic E-state index is 13.0. The number of ether oxygens (including phenoxy) is 1. The van der Waals surface area contributed by atoms with Gasteiger partial charge < -0.3 is 25.6 Å². The molecule has 2 aromatic carbocycles. The van der Waals surface area contributed by atoms with Crippen LogP contribution in [0.2, 0.25) is 5.02 Å². The van der Waals surface area contributed by atoms with Crippen LogP contribution in [0.3, 0.4) is 0 Å². The fourth-order valence-corrected chi connectivity index (χ4v) is 6.24. The standard InChI is InChI=1S/C31H40ClN7O4S/c1-7-29(40)34-24-16-25(27(43-6)17-26(24)39-14-12-38(13-15-39)19-20(2)3)36-31-33-18-22(32)30(37-31)35-23-10-8-9-11-28(23)44(41,42)21(4)5/h7-11,16-18,20-21H,1,12-15,19H2,2-6H3,(H,34,40)(H2,33,35,36,37). The van der Waals surface area contributed by atoms with E-state index in [1.54, 1.807) is 51.3 Å². The normalized spacial score (nSPS) is 14.0. The third kappa shape index (κ3) is 7.79. The first-order valence-electron chi connectivity index (χ1n) is 14.4. The predicted octanol–water partition coefficient (Wildman–Crippen LogP) is 5.71. The van der Waals surface area contributed by atoms with Gasteiger partial charge in [-0.1, -0.05) is 44.2 Å². The van der Waals surface area contributed by atoms with E-state index in [-0.39, 0.29) is 27.6 Å². The Bertz CT molecular complexity index is 1610. The summed E-state index contributed by atoms with van der Waals surface area (Å²) >= 11 is 6.42. The lowest BCUT2D eigenvalue weighted by molar-refractivity contribution is -0.111. The Kier molecular flexibility index (Phi) is 10.7. The number of hydrogen-bond acceptors (Lipinski definition) is 10. The number of nitrogens with one attached hydrogen (secondary N) is 3. The number of piperazine rings is 1. The molecule has 1 aromatic heterocycles. The highest BCUT2D eigenvalue weighted by atomic mass is 35.5. The molecule has 1 fully saturated rings. The Hall–Kier alpha value is -3.87. The lowest BCUT2D eigenvalue weighted by Gasteiger charge is -2.37. The lowest BCUT2D eigenvalue weighted by atomic mass is 10.1. The van der Waals surface area contributed by atoms with E-state index in [1.165, 1.54) is 12.3 Å². The lowest BCUT2D eigenvalue weighted by Crippen LogP contribution is -2.47. The number of anilines is 6. The summed E-state index contributed by atoms with van der Waals surface area (Å²) in [6.45, 7) is 15.7. The number of methoxy groups -OCH3 is 1. The minimum absolute atomic E-state index is 0.143. The largest absolute Gasteiger partial charge is 0.494 e. The molecule has 1 aliphatic heterocycles. The van der Waals surface area contributed by atoms with Gasteiger partial charge in [0.2, 0.25) is 11.9 Å². The summed E-state index contributed by atoms with van der Waals surface area (Å²) < 4.78 is 31.7. The number of benzene rings is 2. The molecule has 0 unspecified atom stereocenters. The monoisotopic (exact) mass is 641 g/mol. The average molecular weight is 642 g/mol. The number of rotatable bonds is 12. The van der Waals surface area contributed by atoms with Crippen LogP contribution < -0.4 is 25.6 Å². The molecule has 1 amide bonds. The van der Waals surface area contributed by atoms with Crippen LogP contribution in [0.1, 0.15) is 27.7 Å². The summed E-state index contributed by atoms with van der Waals surface area (Å²) in [7, 11) is -2.01. The topological polar surface area (TPSA) is 129 Å². The van der Waals surface area contributed by atoms with Crippen LogP contribution in [0.4, 0.5) is 34.5 Å². The number of para-hydroxylation sites is 1. The van der Waals surface area contributed by atoms with E-state index in [0.717, 1.165) is 38.4 Å². The smallest absolute Gasteiger partial charge is 0.247 e. The first kappa shape index (κ1) is 33.0. The third-order valence-corrected chi connectivity index (χ3v) is 9.64. The Morgan fingerprint density at radius 2 is 1.77 bits per heavy atom. The van der Waals surface area contributed by atoms with Crippen molar-refractivity contribution in [2.45, 2.75) is 37.8 Å². The summed E-state index contributed by atoms with van der Waals surface area (Å²) in [4.78, 5) is 26.1. The van der Waals surface area contributed by atoms with Gasteiger partial charge in [-0.05, 0) is 44.0 Å². The van der Waals surface area contributed by atoms with E-state index in [1.807, 2.05) is 6.07 Å². The molecular weight excluding hydrogens is 602 g/mol. The van der Waals surface area contributed by atoms with Crippen LogP contribution >= 0.6 is 11.6 Å². The zero-order valence-electron chi connectivity index (χ0n) is 25.7. The Balaban J connectivity index is 1.65. The molecule has 0 radical (unpaired) electrons. The molecule has 1 saturated heterocycles. The van der Waals surface area contributed by atoms with Crippen molar-refractivity contribution in [2.75, 3.05) is 60.7 Å². The van der Waals surface area contributed by atoms with Gasteiger partial charge in [-0.25, -0.2) is 13.4 Å². The third-order valence-electron chi connectivity index (χ3n) is 7.16. The van der Waals surface area contributed by atoms with Gasteiger partial charge in [-0.3, -0.25) is 9.69 Å². The summed E-state index contributed by atoms with van der Waals surface area (Å²) in [5, 5.41) is 8.73. The predicted molar refractivity (Wildman–Crippen MR) is 178 cm³/mol. The molecule has 0 saturated carbocycles. The van der Waals surface area contributed by atoms with Crippen molar-refractivity contribution < 1.29 is 17.9 Å². The van der Waals surface area contributed by atoms with Gasteiger partial charge in [-0.2, -0.15) is 4.98 Å². The number of carbonyl (C=O) groups is 1. The highest BCUT2D eigenvalue weighted by molar-refractivity contribution is 7.92. The van der Waals surface area contributed by atoms with Crippen molar-refractivity contribution >= 4 is 61.9 Å². The van der Waals surface area contributed by atoms with E-state index in [9.17, 15) is 13.2 Å². The molecular formula is C31H40ClN7O4S. The molecule has 44 heavy (non-hydrogen) atoms. The Labute approximate surface area is 264 Å². The fourth-order valence-electron chi connectivity index (χ4n) is 4.90. The van der Waals surface area contributed by atoms with E-state index >= 15 is 0 Å². The molecule has 1 aliphatic rings. The van der Waals surface area contributed by atoms with Gasteiger partial charge in [0.1, 0.15) is 10.8 Å². The first-order valence-corrected chi connectivity index (χ1v) is 16.4. The summed E-state index contributed by atoms with van der Waals surface area (Å²) in [6, 6.07) is 10.2. The second kappa shape index (κ2) is 14.3. The molecule has 0 bridgehead atoms. The minimum Gasteiger partial charge on any atom is -0.494 e. The van der Waals surface area contributed by atoms with Crippen LogP contribution in [-0.4, -0.2) is 74.3 Å². The summed E-state index contributed by atoms with van der Waals surface area (Å²) in [6.07, 6.45) is 2.63. The molecule has 0 aliphatic carbocycles. The Morgan fingerprint density at radius 1 is 1.07 bits per heavy atom. The molecule has 3 aromatic rings. The van der Waals surface area contributed by atoms with Crippen LogP contribution in [0.15, 0.2) is 60.1 Å². The van der Waals surface area contributed by atoms with Crippen molar-refractivity contribution in [1.29, 1.82) is 0 Å². The van der Waals surface area contributed by atoms with Crippen LogP contribution in [0, 0.1) is 5.92 Å². The molecule has 4 rings (SSSR count). The maximum Gasteiger partial charge on any atom is 0.247 e. The number of nitrogens with zero attached hydrogens (tertiary/aromatic N) is 4. The van der Waals surface area contributed by atoms with Crippen LogP contribution in [0.5, 0.6) is 5.75 Å². The molecule has 11 nitrogen and oxygen atoms in total. The van der Waals surface area contributed by atoms with Gasteiger partial charge in [0.05, 0.1) is 46.2 Å². The number of amides is 1. The van der Waals surface area contributed by atoms with Gasteiger partial charge in [0, 0.05) is 38.8 Å². The van der Waals surface area contributed by atoms with Crippen LogP contribution in [-0.2, 0) is 14.6 Å².